The van der Waals surface area contributed by atoms with Crippen molar-refractivity contribution >= 4 is 17.5 Å². The van der Waals surface area contributed by atoms with Crippen LogP contribution >= 0.6 is 0 Å². The van der Waals surface area contributed by atoms with Gasteiger partial charge >= 0.3 is 0 Å². The van der Waals surface area contributed by atoms with Crippen LogP contribution in [0.4, 0.5) is 0 Å². The van der Waals surface area contributed by atoms with Gasteiger partial charge in [-0.05, 0) is 26.0 Å². The number of carbonyl (C=O) groups is 3. The van der Waals surface area contributed by atoms with Crippen LogP contribution in [-0.2, 0) is 9.59 Å². The van der Waals surface area contributed by atoms with E-state index >= 15 is 0 Å². The number of benzene rings is 1. The third-order valence-corrected chi connectivity index (χ3v) is 2.57. The molecule has 5 heteroatoms. The molecule has 1 amide bonds. The molecule has 1 aromatic carbocycles. The number of rotatable bonds is 5. The Labute approximate surface area is 105 Å². The molecule has 1 rings (SSSR count). The van der Waals surface area contributed by atoms with E-state index in [0.29, 0.717) is 5.56 Å². The third kappa shape index (κ3) is 3.49. The van der Waals surface area contributed by atoms with Gasteiger partial charge in [0.2, 0.25) is 0 Å². The van der Waals surface area contributed by atoms with Gasteiger partial charge in [-0.1, -0.05) is 18.2 Å². The second kappa shape index (κ2) is 6.07. The Bertz CT molecular complexity index is 443. The molecule has 96 valence electrons. The van der Waals surface area contributed by atoms with Crippen molar-refractivity contribution in [3.8, 4) is 0 Å². The van der Waals surface area contributed by atoms with Gasteiger partial charge < -0.3 is 11.1 Å². The summed E-state index contributed by atoms with van der Waals surface area (Å²) >= 11 is 0. The van der Waals surface area contributed by atoms with E-state index in [4.69, 9.17) is 5.73 Å². The van der Waals surface area contributed by atoms with Crippen LogP contribution in [0.1, 0.15) is 24.2 Å². The van der Waals surface area contributed by atoms with Crippen LogP contribution in [0, 0.1) is 5.92 Å². The molecule has 1 aromatic rings. The van der Waals surface area contributed by atoms with Crippen molar-refractivity contribution in [3.05, 3.63) is 35.9 Å². The number of amides is 1. The first-order valence-electron chi connectivity index (χ1n) is 5.56. The van der Waals surface area contributed by atoms with Gasteiger partial charge in [0.05, 0.1) is 6.17 Å². The van der Waals surface area contributed by atoms with E-state index in [1.54, 1.807) is 30.3 Å². The second-order valence-corrected chi connectivity index (χ2v) is 4.06. The zero-order valence-corrected chi connectivity index (χ0v) is 10.3. The van der Waals surface area contributed by atoms with Crippen LogP contribution in [0.3, 0.4) is 0 Å². The van der Waals surface area contributed by atoms with Gasteiger partial charge in [-0.25, -0.2) is 0 Å². The molecule has 1 atom stereocenters. The average Bonchev–Trinajstić information content (AvgIpc) is 2.28. The highest BCUT2D eigenvalue weighted by Gasteiger charge is 2.28. The zero-order chi connectivity index (χ0) is 13.7. The normalized spacial score (nSPS) is 12.0. The molecule has 0 fully saturated rings. The van der Waals surface area contributed by atoms with Crippen molar-refractivity contribution in [2.24, 2.45) is 11.7 Å². The number of carbonyl (C=O) groups excluding carboxylic acids is 3. The van der Waals surface area contributed by atoms with E-state index in [1.165, 1.54) is 13.8 Å². The smallest absolute Gasteiger partial charge is 0.252 e. The number of hydrogen-bond acceptors (Lipinski definition) is 4. The fraction of sp³-hybridized carbons (Fsp3) is 0.308. The Balaban J connectivity index is 2.75. The summed E-state index contributed by atoms with van der Waals surface area (Å²) in [5, 5.41) is 2.46. The maximum absolute atomic E-state index is 11.8. The molecule has 0 heterocycles. The topological polar surface area (TPSA) is 89.3 Å². The number of nitrogens with two attached hydrogens (primary N) is 1. The maximum atomic E-state index is 11.8. The van der Waals surface area contributed by atoms with Crippen molar-refractivity contribution in [1.29, 1.82) is 0 Å². The number of hydrogen-bond donors (Lipinski definition) is 2. The highest BCUT2D eigenvalue weighted by Crippen LogP contribution is 2.05. The lowest BCUT2D eigenvalue weighted by atomic mass is 9.97. The Hall–Kier alpha value is -2.01. The van der Waals surface area contributed by atoms with Crippen molar-refractivity contribution < 1.29 is 14.4 Å². The Morgan fingerprint density at radius 2 is 1.56 bits per heavy atom. The molecule has 0 aromatic heterocycles. The van der Waals surface area contributed by atoms with Crippen LogP contribution in [0.25, 0.3) is 0 Å². The lowest BCUT2D eigenvalue weighted by Crippen LogP contribution is -2.51. The van der Waals surface area contributed by atoms with Crippen molar-refractivity contribution in [2.75, 3.05) is 0 Å². The van der Waals surface area contributed by atoms with Gasteiger partial charge in [0.25, 0.3) is 5.91 Å². The third-order valence-electron chi connectivity index (χ3n) is 2.57. The summed E-state index contributed by atoms with van der Waals surface area (Å²) in [6.07, 6.45) is -1.01. The molecule has 5 nitrogen and oxygen atoms in total. The summed E-state index contributed by atoms with van der Waals surface area (Å²) in [5.74, 6) is -2.13. The molecule has 0 aliphatic rings. The van der Waals surface area contributed by atoms with Crippen LogP contribution in [0.15, 0.2) is 30.3 Å². The Morgan fingerprint density at radius 1 is 1.06 bits per heavy atom. The van der Waals surface area contributed by atoms with E-state index in [9.17, 15) is 14.4 Å². The van der Waals surface area contributed by atoms with Crippen LogP contribution in [0.5, 0.6) is 0 Å². The quantitative estimate of drug-likeness (QED) is 0.586. The first-order valence-corrected chi connectivity index (χ1v) is 5.56. The minimum absolute atomic E-state index is 0.358. The van der Waals surface area contributed by atoms with Crippen LogP contribution < -0.4 is 11.1 Å². The van der Waals surface area contributed by atoms with Gasteiger partial charge in [0, 0.05) is 5.56 Å². The second-order valence-electron chi connectivity index (χ2n) is 4.06. The summed E-state index contributed by atoms with van der Waals surface area (Å²) in [4.78, 5) is 34.4. The molecule has 18 heavy (non-hydrogen) atoms. The first kappa shape index (κ1) is 14.1. The molecule has 0 radical (unpaired) electrons. The highest BCUT2D eigenvalue weighted by molar-refractivity contribution is 6.02. The minimum Gasteiger partial charge on any atom is -0.336 e. The SMILES string of the molecule is CC(=O)C(C(C)=O)C(N)NC(=O)c1ccccc1. The predicted octanol–water partition coefficient (Wildman–Crippen LogP) is 0.495. The van der Waals surface area contributed by atoms with E-state index in [0.717, 1.165) is 0 Å². The fourth-order valence-corrected chi connectivity index (χ4v) is 1.70. The molecular weight excluding hydrogens is 232 g/mol. The summed E-state index contributed by atoms with van der Waals surface area (Å²) in [5.41, 5.74) is 6.11. The standard InChI is InChI=1S/C13H16N2O3/c1-8(16)11(9(2)17)12(14)15-13(18)10-6-4-3-5-7-10/h3-7,11-12H,14H2,1-2H3,(H,15,18). The van der Waals surface area contributed by atoms with Gasteiger partial charge in [-0.3, -0.25) is 14.4 Å². The summed E-state index contributed by atoms with van der Waals surface area (Å²) < 4.78 is 0. The van der Waals surface area contributed by atoms with Gasteiger partial charge in [-0.15, -0.1) is 0 Å². The lowest BCUT2D eigenvalue weighted by molar-refractivity contribution is -0.131. The summed E-state index contributed by atoms with van der Waals surface area (Å²) in [6.45, 7) is 2.56. The zero-order valence-electron chi connectivity index (χ0n) is 10.3. The molecule has 3 N–H and O–H groups in total. The van der Waals surface area contributed by atoms with Crippen molar-refractivity contribution in [2.45, 2.75) is 20.0 Å². The largest absolute Gasteiger partial charge is 0.336 e. The fourth-order valence-electron chi connectivity index (χ4n) is 1.70. The molecule has 0 saturated carbocycles. The lowest BCUT2D eigenvalue weighted by Gasteiger charge is -2.20. The molecule has 0 spiro atoms. The van der Waals surface area contributed by atoms with E-state index < -0.39 is 18.0 Å². The summed E-state index contributed by atoms with van der Waals surface area (Å²) in [7, 11) is 0. The number of nitrogens with one attached hydrogen (secondary N) is 1. The molecular formula is C13H16N2O3. The average molecular weight is 248 g/mol. The van der Waals surface area contributed by atoms with Crippen molar-refractivity contribution in [1.82, 2.24) is 5.32 Å². The van der Waals surface area contributed by atoms with Crippen LogP contribution in [-0.4, -0.2) is 23.6 Å². The monoisotopic (exact) mass is 248 g/mol. The molecule has 1 unspecified atom stereocenters. The number of Topliss-reactive ketones (excluding diaryl/α,β-unsaturated/α-hetero) is 2. The Kier molecular flexibility index (Phi) is 4.74. The number of ketones is 2. The predicted molar refractivity (Wildman–Crippen MR) is 66.7 cm³/mol. The molecule has 0 saturated heterocycles. The van der Waals surface area contributed by atoms with Crippen molar-refractivity contribution in [3.63, 3.8) is 0 Å². The van der Waals surface area contributed by atoms with Gasteiger partial charge in [-0.2, -0.15) is 0 Å². The highest BCUT2D eigenvalue weighted by atomic mass is 16.2. The van der Waals surface area contributed by atoms with Gasteiger partial charge in [0.1, 0.15) is 17.5 Å². The first-order chi connectivity index (χ1) is 8.43. The minimum atomic E-state index is -1.01. The van der Waals surface area contributed by atoms with Crippen LogP contribution in [0.2, 0.25) is 0 Å². The summed E-state index contributed by atoms with van der Waals surface area (Å²) in [6, 6.07) is 8.46. The Morgan fingerprint density at radius 3 is 2.00 bits per heavy atom. The van der Waals surface area contributed by atoms with Gasteiger partial charge in [0.15, 0.2) is 0 Å². The molecule has 0 bridgehead atoms. The maximum Gasteiger partial charge on any atom is 0.252 e. The van der Waals surface area contributed by atoms with E-state index in [2.05, 4.69) is 5.32 Å². The van der Waals surface area contributed by atoms with E-state index in [-0.39, 0.29) is 11.6 Å². The molecule has 0 aliphatic carbocycles. The van der Waals surface area contributed by atoms with E-state index in [1.807, 2.05) is 0 Å². The molecule has 0 aliphatic heterocycles.